The van der Waals surface area contributed by atoms with Crippen LogP contribution in [0.4, 0.5) is 0 Å². The van der Waals surface area contributed by atoms with E-state index in [9.17, 15) is 4.79 Å². The fourth-order valence-electron chi connectivity index (χ4n) is 0.434. The predicted octanol–water partition coefficient (Wildman–Crippen LogP) is 0.400. The summed E-state index contributed by atoms with van der Waals surface area (Å²) < 4.78 is 0. The molecule has 0 aliphatic heterocycles. The first-order chi connectivity index (χ1) is 4.20. The van der Waals surface area contributed by atoms with Crippen LogP contribution in [-0.2, 0) is 4.79 Å². The number of carbonyl (C=O) groups is 1. The van der Waals surface area contributed by atoms with Crippen molar-refractivity contribution in [2.75, 3.05) is 6.61 Å². The van der Waals surface area contributed by atoms with Gasteiger partial charge in [0.1, 0.15) is 0 Å². The Labute approximate surface area is 53.6 Å². The summed E-state index contributed by atoms with van der Waals surface area (Å²) in [5.41, 5.74) is 0.544. The lowest BCUT2D eigenvalue weighted by Gasteiger charge is -1.93. The third kappa shape index (κ3) is 3.73. The van der Waals surface area contributed by atoms with Gasteiger partial charge in [0.25, 0.3) is 0 Å². The van der Waals surface area contributed by atoms with Gasteiger partial charge in [0.2, 0.25) is 0 Å². The molecule has 0 spiro atoms. The number of hydrogen-bond acceptors (Lipinski definition) is 2. The fourth-order valence-corrected chi connectivity index (χ4v) is 0.434. The van der Waals surface area contributed by atoms with E-state index in [0.29, 0.717) is 12.0 Å². The Morgan fingerprint density at radius 1 is 1.67 bits per heavy atom. The number of carboxylic acid groups (broad SMARTS) is 1. The highest BCUT2D eigenvalue weighted by atomic mass is 16.4. The van der Waals surface area contributed by atoms with E-state index in [1.807, 2.05) is 0 Å². The maximum Gasteiger partial charge on any atom is 0.328 e. The lowest BCUT2D eigenvalue weighted by molar-refractivity contribution is -0.131. The standard InChI is InChI=1S/C6H10O3/c1-2-5(4-7)3-6(8)9/h3,7H,2,4H2,1H3,(H,8,9)/b5-3-. The zero-order chi connectivity index (χ0) is 7.28. The monoisotopic (exact) mass is 130 g/mol. The van der Waals surface area contributed by atoms with Crippen LogP contribution in [0.3, 0.4) is 0 Å². The molecule has 0 aliphatic carbocycles. The minimum atomic E-state index is -0.999. The van der Waals surface area contributed by atoms with E-state index in [1.54, 1.807) is 6.92 Å². The summed E-state index contributed by atoms with van der Waals surface area (Å²) in [4.78, 5) is 9.94. The van der Waals surface area contributed by atoms with E-state index in [1.165, 1.54) is 0 Å². The molecule has 0 aliphatic rings. The predicted molar refractivity (Wildman–Crippen MR) is 33.1 cm³/mol. The number of hydrogen-bond donors (Lipinski definition) is 2. The van der Waals surface area contributed by atoms with Gasteiger partial charge >= 0.3 is 5.97 Å². The van der Waals surface area contributed by atoms with Crippen molar-refractivity contribution in [2.24, 2.45) is 0 Å². The fraction of sp³-hybridized carbons (Fsp3) is 0.500. The average Bonchev–Trinajstić information content (AvgIpc) is 1.82. The zero-order valence-corrected chi connectivity index (χ0v) is 5.29. The van der Waals surface area contributed by atoms with Crippen LogP contribution in [0.15, 0.2) is 11.6 Å². The Morgan fingerprint density at radius 3 is 2.33 bits per heavy atom. The summed E-state index contributed by atoms with van der Waals surface area (Å²) in [6, 6.07) is 0. The Kier molecular flexibility index (Phi) is 3.71. The van der Waals surface area contributed by atoms with Crippen LogP contribution in [0.5, 0.6) is 0 Å². The summed E-state index contributed by atoms with van der Waals surface area (Å²) in [6.07, 6.45) is 1.61. The maximum atomic E-state index is 9.94. The van der Waals surface area contributed by atoms with Gasteiger partial charge in [-0.15, -0.1) is 0 Å². The molecule has 3 heteroatoms. The molecule has 0 fully saturated rings. The number of rotatable bonds is 3. The Hall–Kier alpha value is -0.830. The molecule has 0 aromatic carbocycles. The van der Waals surface area contributed by atoms with Crippen LogP contribution in [0, 0.1) is 0 Å². The van der Waals surface area contributed by atoms with Crippen molar-refractivity contribution >= 4 is 5.97 Å². The van der Waals surface area contributed by atoms with Gasteiger partial charge in [-0.1, -0.05) is 6.92 Å². The minimum absolute atomic E-state index is 0.164. The number of aliphatic hydroxyl groups is 1. The van der Waals surface area contributed by atoms with Crippen molar-refractivity contribution in [1.29, 1.82) is 0 Å². The quantitative estimate of drug-likeness (QED) is 0.543. The molecule has 0 saturated heterocycles. The number of aliphatic hydroxyl groups excluding tert-OH is 1. The highest BCUT2D eigenvalue weighted by molar-refractivity contribution is 5.80. The minimum Gasteiger partial charge on any atom is -0.478 e. The number of carboxylic acids is 1. The van der Waals surface area contributed by atoms with Gasteiger partial charge < -0.3 is 10.2 Å². The Bertz CT molecular complexity index is 120. The van der Waals surface area contributed by atoms with Crippen molar-refractivity contribution in [3.8, 4) is 0 Å². The van der Waals surface area contributed by atoms with E-state index in [-0.39, 0.29) is 6.61 Å². The van der Waals surface area contributed by atoms with Crippen molar-refractivity contribution in [3.63, 3.8) is 0 Å². The molecule has 0 radical (unpaired) electrons. The molecule has 3 nitrogen and oxygen atoms in total. The highest BCUT2D eigenvalue weighted by Gasteiger charge is 1.93. The first-order valence-corrected chi connectivity index (χ1v) is 2.74. The van der Waals surface area contributed by atoms with E-state index < -0.39 is 5.97 Å². The molecular weight excluding hydrogens is 120 g/mol. The van der Waals surface area contributed by atoms with Gasteiger partial charge in [0.15, 0.2) is 0 Å². The van der Waals surface area contributed by atoms with Crippen LogP contribution in [0.25, 0.3) is 0 Å². The molecule has 0 unspecified atom stereocenters. The van der Waals surface area contributed by atoms with Crippen molar-refractivity contribution in [3.05, 3.63) is 11.6 Å². The lowest BCUT2D eigenvalue weighted by Crippen LogP contribution is -1.95. The SMILES string of the molecule is CC/C(=C/C(=O)O)CO. The second-order valence-corrected chi connectivity index (χ2v) is 1.65. The van der Waals surface area contributed by atoms with E-state index in [2.05, 4.69) is 0 Å². The van der Waals surface area contributed by atoms with Crippen LogP contribution < -0.4 is 0 Å². The molecule has 0 rings (SSSR count). The second kappa shape index (κ2) is 4.09. The normalized spacial score (nSPS) is 11.6. The zero-order valence-electron chi connectivity index (χ0n) is 5.29. The maximum absolute atomic E-state index is 9.94. The Balaban J connectivity index is 3.91. The molecule has 0 atom stereocenters. The molecule has 0 aromatic heterocycles. The van der Waals surface area contributed by atoms with Gasteiger partial charge in [0.05, 0.1) is 6.61 Å². The third-order valence-electron chi connectivity index (χ3n) is 0.985. The van der Waals surface area contributed by atoms with Crippen molar-refractivity contribution in [2.45, 2.75) is 13.3 Å². The lowest BCUT2D eigenvalue weighted by atomic mass is 10.2. The van der Waals surface area contributed by atoms with Gasteiger partial charge in [-0.2, -0.15) is 0 Å². The summed E-state index contributed by atoms with van der Waals surface area (Å²) in [5, 5.41) is 16.6. The van der Waals surface area contributed by atoms with E-state index in [4.69, 9.17) is 10.2 Å². The Morgan fingerprint density at radius 2 is 2.22 bits per heavy atom. The topological polar surface area (TPSA) is 57.5 Å². The van der Waals surface area contributed by atoms with Gasteiger partial charge in [0, 0.05) is 6.08 Å². The van der Waals surface area contributed by atoms with E-state index >= 15 is 0 Å². The molecule has 52 valence electrons. The molecule has 0 amide bonds. The first-order valence-electron chi connectivity index (χ1n) is 2.74. The smallest absolute Gasteiger partial charge is 0.328 e. The molecule has 0 saturated carbocycles. The summed E-state index contributed by atoms with van der Waals surface area (Å²) in [7, 11) is 0. The summed E-state index contributed by atoms with van der Waals surface area (Å²) in [6.45, 7) is 1.63. The second-order valence-electron chi connectivity index (χ2n) is 1.65. The summed E-state index contributed by atoms with van der Waals surface area (Å²) in [5.74, 6) is -0.999. The highest BCUT2D eigenvalue weighted by Crippen LogP contribution is 1.96. The molecule has 0 bridgehead atoms. The van der Waals surface area contributed by atoms with Crippen molar-refractivity contribution < 1.29 is 15.0 Å². The third-order valence-corrected chi connectivity index (χ3v) is 0.985. The summed E-state index contributed by atoms with van der Waals surface area (Å²) >= 11 is 0. The average molecular weight is 130 g/mol. The molecule has 9 heavy (non-hydrogen) atoms. The molecule has 0 heterocycles. The van der Waals surface area contributed by atoms with Crippen LogP contribution in [-0.4, -0.2) is 22.8 Å². The molecule has 2 N–H and O–H groups in total. The van der Waals surface area contributed by atoms with E-state index in [0.717, 1.165) is 6.08 Å². The number of aliphatic carboxylic acids is 1. The van der Waals surface area contributed by atoms with Gasteiger partial charge in [-0.05, 0) is 12.0 Å². The van der Waals surface area contributed by atoms with Crippen molar-refractivity contribution in [1.82, 2.24) is 0 Å². The molecule has 0 aromatic rings. The van der Waals surface area contributed by atoms with Gasteiger partial charge in [-0.3, -0.25) is 0 Å². The van der Waals surface area contributed by atoms with Crippen LogP contribution in [0.2, 0.25) is 0 Å². The van der Waals surface area contributed by atoms with Crippen LogP contribution >= 0.6 is 0 Å². The molecular formula is C6H10O3. The van der Waals surface area contributed by atoms with Gasteiger partial charge in [-0.25, -0.2) is 4.79 Å². The largest absolute Gasteiger partial charge is 0.478 e. The first kappa shape index (κ1) is 8.17. The van der Waals surface area contributed by atoms with Crippen LogP contribution in [0.1, 0.15) is 13.3 Å².